The fourth-order valence-electron chi connectivity index (χ4n) is 3.88. The fourth-order valence-corrected chi connectivity index (χ4v) is 3.88. The third-order valence-electron chi connectivity index (χ3n) is 5.16. The van der Waals surface area contributed by atoms with Gasteiger partial charge < -0.3 is 18.7 Å². The van der Waals surface area contributed by atoms with Gasteiger partial charge in [-0.05, 0) is 32.4 Å². The second kappa shape index (κ2) is 7.99. The second-order valence-electron chi connectivity index (χ2n) is 6.61. The number of rotatable bonds is 7. The van der Waals surface area contributed by atoms with E-state index in [-0.39, 0.29) is 0 Å². The number of aryl methyl sites for hydroxylation is 2. The summed E-state index contributed by atoms with van der Waals surface area (Å²) in [4.78, 5) is 2.47. The average Bonchev–Trinajstić information content (AvgIpc) is 3.26. The summed E-state index contributed by atoms with van der Waals surface area (Å²) in [5.41, 5.74) is 3.34. The van der Waals surface area contributed by atoms with E-state index in [9.17, 15) is 0 Å². The first kappa shape index (κ1) is 18.6. The lowest BCUT2D eigenvalue weighted by Crippen LogP contribution is -2.24. The van der Waals surface area contributed by atoms with Crippen molar-refractivity contribution in [1.29, 1.82) is 0 Å². The highest BCUT2D eigenvalue weighted by Gasteiger charge is 2.32. The highest BCUT2D eigenvalue weighted by molar-refractivity contribution is 5.50. The van der Waals surface area contributed by atoms with Gasteiger partial charge in [0.25, 0.3) is 0 Å². The molecule has 1 fully saturated rings. The van der Waals surface area contributed by atoms with Crippen LogP contribution in [0.15, 0.2) is 16.7 Å². The van der Waals surface area contributed by atoms with E-state index in [1.807, 2.05) is 19.1 Å². The van der Waals surface area contributed by atoms with Crippen molar-refractivity contribution in [2.45, 2.75) is 45.7 Å². The number of nitrogens with zero attached hydrogens (tertiary/aromatic N) is 2. The molecule has 2 heterocycles. The Morgan fingerprint density at radius 3 is 2.46 bits per heavy atom. The van der Waals surface area contributed by atoms with Gasteiger partial charge in [-0.2, -0.15) is 0 Å². The van der Waals surface area contributed by atoms with Crippen LogP contribution in [0.1, 0.15) is 48.4 Å². The lowest BCUT2D eigenvalue weighted by molar-refractivity contribution is 0.240. The molecular weight excluding hydrogens is 332 g/mol. The zero-order valence-electron chi connectivity index (χ0n) is 16.3. The lowest BCUT2D eigenvalue weighted by atomic mass is 10.0. The van der Waals surface area contributed by atoms with Crippen molar-refractivity contribution in [2.24, 2.45) is 0 Å². The predicted octanol–water partition coefficient (Wildman–Crippen LogP) is 3.91. The number of ether oxygens (including phenoxy) is 3. The smallest absolute Gasteiger partial charge is 0.164 e. The normalized spacial score (nSPS) is 17.5. The largest absolute Gasteiger partial charge is 0.496 e. The van der Waals surface area contributed by atoms with Crippen LogP contribution in [-0.2, 0) is 13.0 Å². The van der Waals surface area contributed by atoms with Crippen LogP contribution in [0.5, 0.6) is 17.2 Å². The summed E-state index contributed by atoms with van der Waals surface area (Å²) in [6.07, 6.45) is 3.14. The van der Waals surface area contributed by atoms with E-state index in [1.165, 1.54) is 5.56 Å². The van der Waals surface area contributed by atoms with Crippen LogP contribution >= 0.6 is 0 Å². The minimum absolute atomic E-state index is 0.328. The third-order valence-corrected chi connectivity index (χ3v) is 5.16. The molecule has 0 unspecified atom stereocenters. The number of aromatic nitrogens is 1. The van der Waals surface area contributed by atoms with Crippen molar-refractivity contribution in [3.8, 4) is 17.2 Å². The molecule has 0 saturated carbocycles. The number of hydrogen-bond donors (Lipinski definition) is 0. The van der Waals surface area contributed by atoms with E-state index in [0.29, 0.717) is 11.8 Å². The van der Waals surface area contributed by atoms with Gasteiger partial charge in [0.2, 0.25) is 0 Å². The van der Waals surface area contributed by atoms with Crippen LogP contribution in [0.2, 0.25) is 0 Å². The Labute approximate surface area is 155 Å². The van der Waals surface area contributed by atoms with E-state index in [1.54, 1.807) is 21.3 Å². The van der Waals surface area contributed by atoms with E-state index in [0.717, 1.165) is 60.9 Å². The van der Waals surface area contributed by atoms with Gasteiger partial charge in [0, 0.05) is 36.2 Å². The van der Waals surface area contributed by atoms with Crippen molar-refractivity contribution in [3.05, 3.63) is 34.7 Å². The molecule has 1 saturated heterocycles. The first-order valence-corrected chi connectivity index (χ1v) is 9.10. The van der Waals surface area contributed by atoms with Crippen LogP contribution < -0.4 is 14.2 Å². The minimum atomic E-state index is 0.328. The van der Waals surface area contributed by atoms with Gasteiger partial charge in [0.15, 0.2) is 11.5 Å². The molecule has 1 aromatic carbocycles. The Balaban J connectivity index is 1.91. The van der Waals surface area contributed by atoms with Crippen molar-refractivity contribution in [3.63, 3.8) is 0 Å². The highest BCUT2D eigenvalue weighted by atomic mass is 16.5. The van der Waals surface area contributed by atoms with E-state index >= 15 is 0 Å². The standard InChI is InChI=1S/C20H28N2O4/c1-6-16-20(13(2)21-26-16)15-8-7-9-22(15)12-14-10-18(24-4)19(25-5)11-17(14)23-3/h10-11,15H,6-9,12H2,1-5H3/t15-/m1/s1. The Hall–Kier alpha value is -2.21. The molecule has 1 aliphatic heterocycles. The second-order valence-corrected chi connectivity index (χ2v) is 6.61. The molecule has 0 bridgehead atoms. The van der Waals surface area contributed by atoms with Gasteiger partial charge >= 0.3 is 0 Å². The predicted molar refractivity (Wildman–Crippen MR) is 99.1 cm³/mol. The van der Waals surface area contributed by atoms with Crippen LogP contribution in [0, 0.1) is 6.92 Å². The number of likely N-dealkylation sites (tertiary alicyclic amines) is 1. The first-order valence-electron chi connectivity index (χ1n) is 9.10. The fraction of sp³-hybridized carbons (Fsp3) is 0.550. The molecule has 0 amide bonds. The molecule has 1 aromatic heterocycles. The topological polar surface area (TPSA) is 57.0 Å². The third kappa shape index (κ3) is 3.38. The molecule has 0 spiro atoms. The van der Waals surface area contributed by atoms with E-state index in [4.69, 9.17) is 18.7 Å². The summed E-state index contributed by atoms with van der Waals surface area (Å²) < 4.78 is 22.0. The van der Waals surface area contributed by atoms with Crippen LogP contribution in [0.3, 0.4) is 0 Å². The van der Waals surface area contributed by atoms with Gasteiger partial charge in [0.05, 0.1) is 27.0 Å². The molecule has 6 heteroatoms. The van der Waals surface area contributed by atoms with Gasteiger partial charge in [-0.25, -0.2) is 0 Å². The molecule has 142 valence electrons. The number of hydrogen-bond acceptors (Lipinski definition) is 6. The van der Waals surface area contributed by atoms with Gasteiger partial charge in [-0.3, -0.25) is 4.90 Å². The lowest BCUT2D eigenvalue weighted by Gasteiger charge is -2.26. The average molecular weight is 360 g/mol. The van der Waals surface area contributed by atoms with Crippen LogP contribution in [-0.4, -0.2) is 37.9 Å². The van der Waals surface area contributed by atoms with Crippen LogP contribution in [0.4, 0.5) is 0 Å². The summed E-state index contributed by atoms with van der Waals surface area (Å²) in [5, 5.41) is 4.19. The summed E-state index contributed by atoms with van der Waals surface area (Å²) in [6, 6.07) is 4.23. The van der Waals surface area contributed by atoms with Gasteiger partial charge in [0.1, 0.15) is 11.5 Å². The molecule has 0 radical (unpaired) electrons. The molecule has 26 heavy (non-hydrogen) atoms. The zero-order valence-corrected chi connectivity index (χ0v) is 16.3. The van der Waals surface area contributed by atoms with Crippen LogP contribution in [0.25, 0.3) is 0 Å². The molecule has 0 N–H and O–H groups in total. The number of benzene rings is 1. The van der Waals surface area contributed by atoms with Crippen molar-refractivity contribution < 1.29 is 18.7 Å². The van der Waals surface area contributed by atoms with Crippen molar-refractivity contribution in [1.82, 2.24) is 10.1 Å². The minimum Gasteiger partial charge on any atom is -0.496 e. The summed E-state index contributed by atoms with van der Waals surface area (Å²) in [7, 11) is 4.97. The van der Waals surface area contributed by atoms with Crippen molar-refractivity contribution in [2.75, 3.05) is 27.9 Å². The van der Waals surface area contributed by atoms with Gasteiger partial charge in [-0.1, -0.05) is 12.1 Å². The maximum Gasteiger partial charge on any atom is 0.164 e. The molecule has 0 aliphatic carbocycles. The molecule has 3 rings (SSSR count). The summed E-state index contributed by atoms with van der Waals surface area (Å²) in [6.45, 7) is 5.96. The molecular formula is C20H28N2O4. The molecule has 2 aromatic rings. The Morgan fingerprint density at radius 2 is 1.81 bits per heavy atom. The molecule has 6 nitrogen and oxygen atoms in total. The van der Waals surface area contributed by atoms with E-state index < -0.39 is 0 Å². The summed E-state index contributed by atoms with van der Waals surface area (Å²) >= 11 is 0. The molecule has 1 aliphatic rings. The zero-order chi connectivity index (χ0) is 18.7. The molecule has 1 atom stereocenters. The quantitative estimate of drug-likeness (QED) is 0.746. The Kier molecular flexibility index (Phi) is 5.71. The van der Waals surface area contributed by atoms with Crippen molar-refractivity contribution >= 4 is 0 Å². The Morgan fingerprint density at radius 1 is 1.12 bits per heavy atom. The SMILES string of the molecule is CCc1onc(C)c1[C@H]1CCCN1Cc1cc(OC)c(OC)cc1OC. The summed E-state index contributed by atoms with van der Waals surface area (Å²) in [5.74, 6) is 3.20. The number of methoxy groups -OCH3 is 3. The monoisotopic (exact) mass is 360 g/mol. The van der Waals surface area contributed by atoms with E-state index in [2.05, 4.69) is 17.0 Å². The maximum absolute atomic E-state index is 5.60. The maximum atomic E-state index is 5.60. The Bertz CT molecular complexity index is 757. The first-order chi connectivity index (χ1) is 12.6. The highest BCUT2D eigenvalue weighted by Crippen LogP contribution is 2.40. The van der Waals surface area contributed by atoms with Gasteiger partial charge in [-0.15, -0.1) is 0 Å².